The molecule has 0 aromatic rings. The topological polar surface area (TPSA) is 68.8 Å². The predicted molar refractivity (Wildman–Crippen MR) is 68.2 cm³/mol. The third-order valence-electron chi connectivity index (χ3n) is 1.68. The molecule has 0 aromatic heterocycles. The second-order valence-electron chi connectivity index (χ2n) is 2.83. The van der Waals surface area contributed by atoms with Crippen molar-refractivity contribution in [2.75, 3.05) is 40.4 Å². The number of nitrogens with one attached hydrogen (secondary N) is 2. The molecule has 0 spiro atoms. The minimum atomic E-state index is -3.48. The van der Waals surface area contributed by atoms with Crippen molar-refractivity contribution >= 4 is 31.0 Å². The van der Waals surface area contributed by atoms with E-state index in [1.54, 1.807) is 0 Å². The van der Waals surface area contributed by atoms with E-state index in [1.165, 1.54) is 14.2 Å². The zero-order chi connectivity index (χ0) is 13.1. The Morgan fingerprint density at radius 1 is 1.12 bits per heavy atom. The van der Waals surface area contributed by atoms with Crippen LogP contribution in [0.1, 0.15) is 0 Å². The maximum atomic E-state index is 11.0. The normalized spacial score (nSPS) is 15.5. The molecule has 1 aliphatic heterocycles. The van der Waals surface area contributed by atoms with Crippen molar-refractivity contribution in [2.45, 2.75) is 0 Å². The number of hydrogen-bond acceptors (Lipinski definition) is 6. The first kappa shape index (κ1) is 17.2. The maximum Gasteiger partial charge on any atom is 0.529 e. The molecule has 9 heteroatoms. The van der Waals surface area contributed by atoms with Gasteiger partial charge in [0.2, 0.25) is 0 Å². The molecule has 2 N–H and O–H groups in total. The highest BCUT2D eigenvalue weighted by molar-refractivity contribution is 7.48. The van der Waals surface area contributed by atoms with Crippen LogP contribution in [0.5, 0.6) is 0 Å². The first-order valence-electron chi connectivity index (χ1n) is 4.86. The molecule has 6 nitrogen and oxygen atoms in total. The average molecular weight is 307 g/mol. The first-order valence-corrected chi connectivity index (χ1v) is 7.08. The van der Waals surface area contributed by atoms with Gasteiger partial charge in [-0.3, -0.25) is 9.05 Å². The fourth-order valence-electron chi connectivity index (χ4n) is 0.869. The van der Waals surface area contributed by atoms with E-state index in [1.807, 2.05) is 0 Å². The van der Waals surface area contributed by atoms with Gasteiger partial charge in [-0.1, -0.05) is 23.2 Å². The molecule has 0 aromatic carbocycles. The van der Waals surface area contributed by atoms with Gasteiger partial charge in [0.15, 0.2) is 0 Å². The highest BCUT2D eigenvalue weighted by Gasteiger charge is 2.22. The fourth-order valence-corrected chi connectivity index (χ4v) is 1.64. The van der Waals surface area contributed by atoms with Crippen molar-refractivity contribution in [1.29, 1.82) is 0 Å². The van der Waals surface area contributed by atoms with Crippen LogP contribution in [0.15, 0.2) is 10.8 Å². The number of halogens is 2. The molecule has 1 saturated heterocycles. The van der Waals surface area contributed by atoms with Gasteiger partial charge < -0.3 is 15.2 Å². The van der Waals surface area contributed by atoms with E-state index in [0.29, 0.717) is 0 Å². The molecule has 1 aliphatic rings. The molecule has 1 rings (SSSR count). The predicted octanol–water partition coefficient (Wildman–Crippen LogP) is 1.86. The van der Waals surface area contributed by atoms with E-state index in [4.69, 9.17) is 23.2 Å². The minimum absolute atomic E-state index is 0.167. The largest absolute Gasteiger partial charge is 0.529 e. The van der Waals surface area contributed by atoms with Crippen molar-refractivity contribution in [3.8, 4) is 0 Å². The van der Waals surface area contributed by atoms with E-state index in [0.717, 1.165) is 32.4 Å². The lowest BCUT2D eigenvalue weighted by molar-refractivity contribution is 0.194. The molecule has 0 radical (unpaired) electrons. The molecular weight excluding hydrogens is 290 g/mol. The Hall–Kier alpha value is 0.190. The number of rotatable bonds is 4. The summed E-state index contributed by atoms with van der Waals surface area (Å²) in [5.74, 6) is 0. The zero-order valence-corrected chi connectivity index (χ0v) is 12.1. The van der Waals surface area contributed by atoms with Crippen molar-refractivity contribution in [3.05, 3.63) is 10.8 Å². The Morgan fingerprint density at radius 2 is 1.53 bits per heavy atom. The van der Waals surface area contributed by atoms with Gasteiger partial charge in [-0.05, 0) is 0 Å². The average Bonchev–Trinajstić information content (AvgIpc) is 2.39. The van der Waals surface area contributed by atoms with Crippen LogP contribution in [-0.2, 0) is 18.1 Å². The van der Waals surface area contributed by atoms with Gasteiger partial charge in [-0.25, -0.2) is 4.57 Å². The van der Waals surface area contributed by atoms with Crippen molar-refractivity contribution in [3.63, 3.8) is 0 Å². The summed E-state index contributed by atoms with van der Waals surface area (Å²) in [6, 6.07) is 0. The van der Waals surface area contributed by atoms with Crippen molar-refractivity contribution < 1.29 is 18.1 Å². The van der Waals surface area contributed by atoms with Crippen LogP contribution < -0.4 is 10.6 Å². The number of phosphoric ester groups is 1. The van der Waals surface area contributed by atoms with Gasteiger partial charge in [0.1, 0.15) is 10.8 Å². The molecular formula is C8H17Cl2N2O4P. The van der Waals surface area contributed by atoms with Gasteiger partial charge in [0.05, 0.1) is 0 Å². The lowest BCUT2D eigenvalue weighted by Gasteiger charge is -2.11. The van der Waals surface area contributed by atoms with Gasteiger partial charge in [-0.15, -0.1) is 0 Å². The van der Waals surface area contributed by atoms with Crippen molar-refractivity contribution in [2.24, 2.45) is 0 Å². The van der Waals surface area contributed by atoms with E-state index < -0.39 is 7.82 Å². The quantitative estimate of drug-likeness (QED) is 0.610. The van der Waals surface area contributed by atoms with Crippen molar-refractivity contribution in [1.82, 2.24) is 10.6 Å². The summed E-state index contributed by atoms with van der Waals surface area (Å²) in [5, 5.41) is 6.44. The van der Waals surface area contributed by atoms with Crippen LogP contribution in [0.25, 0.3) is 0 Å². The third-order valence-corrected chi connectivity index (χ3v) is 3.11. The van der Waals surface area contributed by atoms with E-state index >= 15 is 0 Å². The Balaban J connectivity index is 0.000000354. The molecule has 0 amide bonds. The molecule has 1 heterocycles. The summed E-state index contributed by atoms with van der Waals surface area (Å²) in [4.78, 5) is 0. The van der Waals surface area contributed by atoms with Crippen LogP contribution in [-0.4, -0.2) is 40.4 Å². The van der Waals surface area contributed by atoms with Gasteiger partial charge in [-0.2, -0.15) is 0 Å². The van der Waals surface area contributed by atoms with Crippen LogP contribution >= 0.6 is 31.0 Å². The van der Waals surface area contributed by atoms with E-state index in [2.05, 4.69) is 24.2 Å². The Labute approximate surface area is 111 Å². The van der Waals surface area contributed by atoms with Crippen LogP contribution in [0, 0.1) is 0 Å². The summed E-state index contributed by atoms with van der Waals surface area (Å²) in [5.41, 5.74) is 0. The van der Waals surface area contributed by atoms with E-state index in [-0.39, 0.29) is 4.49 Å². The molecule has 102 valence electrons. The monoisotopic (exact) mass is 306 g/mol. The second kappa shape index (κ2) is 10.1. The molecule has 0 bridgehead atoms. The van der Waals surface area contributed by atoms with E-state index in [9.17, 15) is 4.57 Å². The van der Waals surface area contributed by atoms with Crippen LogP contribution in [0.3, 0.4) is 0 Å². The molecule has 0 aliphatic carbocycles. The molecule has 17 heavy (non-hydrogen) atoms. The fraction of sp³-hybridized carbons (Fsp3) is 0.750. The lowest BCUT2D eigenvalue weighted by Crippen LogP contribution is -2.39. The first-order chi connectivity index (χ1) is 8.04. The molecule has 1 fully saturated rings. The summed E-state index contributed by atoms with van der Waals surface area (Å²) in [7, 11) is -1.12. The van der Waals surface area contributed by atoms with Crippen LogP contribution in [0.4, 0.5) is 0 Å². The smallest absolute Gasteiger partial charge is 0.409 e. The molecule has 0 atom stereocenters. The van der Waals surface area contributed by atoms with Gasteiger partial charge in [0.25, 0.3) is 0 Å². The Morgan fingerprint density at radius 3 is 1.76 bits per heavy atom. The van der Waals surface area contributed by atoms with Gasteiger partial charge >= 0.3 is 7.82 Å². The summed E-state index contributed by atoms with van der Waals surface area (Å²) >= 11 is 10.3. The standard InChI is InChI=1S/C4H7Cl2O4P.C4H10N2/c1-8-11(7,9-2)10-3-4(5)6;1-2-6-4-3-5-1/h3H,1-2H3;5-6H,1-4H2. The number of hydrogen-bond donors (Lipinski definition) is 2. The molecule has 0 unspecified atom stereocenters. The Kier molecular flexibility index (Phi) is 10.3. The second-order valence-corrected chi connectivity index (χ2v) is 5.67. The number of piperazine rings is 1. The number of phosphoric acid groups is 1. The highest BCUT2D eigenvalue weighted by Crippen LogP contribution is 2.48. The van der Waals surface area contributed by atoms with Gasteiger partial charge in [0, 0.05) is 40.4 Å². The van der Waals surface area contributed by atoms with Crippen LogP contribution in [0.2, 0.25) is 0 Å². The lowest BCUT2D eigenvalue weighted by atomic mass is 10.4. The SMILES string of the molecule is C1CNCCN1.COP(=O)(OC)OC=C(Cl)Cl. The highest BCUT2D eigenvalue weighted by atomic mass is 35.5. The summed E-state index contributed by atoms with van der Waals surface area (Å²) in [6.45, 7) is 4.56. The summed E-state index contributed by atoms with van der Waals surface area (Å²) < 4.78 is 24.1. The summed E-state index contributed by atoms with van der Waals surface area (Å²) in [6.07, 6.45) is 0.872. The zero-order valence-electron chi connectivity index (χ0n) is 9.74. The third kappa shape index (κ3) is 9.85. The maximum absolute atomic E-state index is 11.0. The minimum Gasteiger partial charge on any atom is -0.409 e. The molecule has 0 saturated carbocycles. The Bertz CT molecular complexity index is 251.